The van der Waals surface area contributed by atoms with Gasteiger partial charge in [0.25, 0.3) is 0 Å². The maximum atomic E-state index is 12.5. The van der Waals surface area contributed by atoms with E-state index in [1.54, 1.807) is 10.9 Å². The van der Waals surface area contributed by atoms with Crippen LogP contribution < -0.4 is 4.72 Å². The van der Waals surface area contributed by atoms with Crippen LogP contribution in [0.1, 0.15) is 31.4 Å². The summed E-state index contributed by atoms with van der Waals surface area (Å²) >= 11 is 0. The SMILES string of the molecule is C[C@H](NS(=O)(=O)C1CCOCC1)c1cccc(-n2cccn2)c1. The molecule has 1 aromatic heterocycles. The van der Waals surface area contributed by atoms with E-state index in [1.807, 2.05) is 43.5 Å². The lowest BCUT2D eigenvalue weighted by Gasteiger charge is -2.24. The van der Waals surface area contributed by atoms with Crippen molar-refractivity contribution in [3.05, 3.63) is 48.3 Å². The van der Waals surface area contributed by atoms with Gasteiger partial charge in [0, 0.05) is 31.6 Å². The highest BCUT2D eigenvalue weighted by Crippen LogP contribution is 2.21. The van der Waals surface area contributed by atoms with E-state index in [9.17, 15) is 8.42 Å². The molecule has 0 amide bonds. The molecule has 3 rings (SSSR count). The fraction of sp³-hybridized carbons (Fsp3) is 0.438. The Labute approximate surface area is 136 Å². The second-order valence-corrected chi connectivity index (χ2v) is 7.73. The summed E-state index contributed by atoms with van der Waals surface area (Å²) in [5, 5.41) is 3.83. The Morgan fingerprint density at radius 3 is 2.78 bits per heavy atom. The van der Waals surface area contributed by atoms with Gasteiger partial charge in [-0.2, -0.15) is 5.10 Å². The number of hydrogen-bond donors (Lipinski definition) is 1. The van der Waals surface area contributed by atoms with Crippen LogP contribution in [0.4, 0.5) is 0 Å². The molecule has 1 saturated heterocycles. The Bertz CT molecular complexity index is 738. The molecule has 0 unspecified atom stereocenters. The Morgan fingerprint density at radius 1 is 1.30 bits per heavy atom. The molecular formula is C16H21N3O3S. The van der Waals surface area contributed by atoms with Crippen LogP contribution in [0.25, 0.3) is 5.69 Å². The van der Waals surface area contributed by atoms with Gasteiger partial charge in [-0.15, -0.1) is 0 Å². The third kappa shape index (κ3) is 3.80. The van der Waals surface area contributed by atoms with Gasteiger partial charge in [0.15, 0.2) is 0 Å². The summed E-state index contributed by atoms with van der Waals surface area (Å²) in [6.07, 6.45) is 4.67. The van der Waals surface area contributed by atoms with Crippen molar-refractivity contribution in [2.75, 3.05) is 13.2 Å². The average Bonchev–Trinajstić information content (AvgIpc) is 3.10. The number of aromatic nitrogens is 2. The van der Waals surface area contributed by atoms with Gasteiger partial charge in [0.1, 0.15) is 0 Å². The highest BCUT2D eigenvalue weighted by Gasteiger charge is 2.29. The van der Waals surface area contributed by atoms with Crippen LogP contribution in [-0.2, 0) is 14.8 Å². The molecule has 1 atom stereocenters. The van der Waals surface area contributed by atoms with Crippen LogP contribution in [0, 0.1) is 0 Å². The molecular weight excluding hydrogens is 314 g/mol. The lowest BCUT2D eigenvalue weighted by atomic mass is 10.1. The minimum absolute atomic E-state index is 0.293. The van der Waals surface area contributed by atoms with Gasteiger partial charge >= 0.3 is 0 Å². The van der Waals surface area contributed by atoms with E-state index in [2.05, 4.69) is 9.82 Å². The van der Waals surface area contributed by atoms with E-state index >= 15 is 0 Å². The summed E-state index contributed by atoms with van der Waals surface area (Å²) in [5.41, 5.74) is 1.82. The summed E-state index contributed by atoms with van der Waals surface area (Å²) in [6, 6.07) is 9.28. The van der Waals surface area contributed by atoms with Crippen molar-refractivity contribution in [3.63, 3.8) is 0 Å². The zero-order valence-electron chi connectivity index (χ0n) is 13.1. The minimum atomic E-state index is -3.35. The van der Waals surface area contributed by atoms with E-state index in [-0.39, 0.29) is 11.3 Å². The zero-order valence-corrected chi connectivity index (χ0v) is 13.9. The molecule has 0 radical (unpaired) electrons. The van der Waals surface area contributed by atoms with E-state index < -0.39 is 10.0 Å². The van der Waals surface area contributed by atoms with Gasteiger partial charge in [-0.05, 0) is 43.5 Å². The number of ether oxygens (including phenoxy) is 1. The highest BCUT2D eigenvalue weighted by molar-refractivity contribution is 7.90. The molecule has 0 bridgehead atoms. The minimum Gasteiger partial charge on any atom is -0.381 e. The number of benzene rings is 1. The first-order chi connectivity index (χ1) is 11.1. The standard InChI is InChI=1S/C16H21N3O3S/c1-13(18-23(20,21)16-6-10-22-11-7-16)14-4-2-5-15(12-14)19-9-3-8-17-19/h2-5,8-9,12-13,16,18H,6-7,10-11H2,1H3/t13-/m0/s1. The molecule has 0 aliphatic carbocycles. The van der Waals surface area contributed by atoms with Gasteiger partial charge in [-0.3, -0.25) is 0 Å². The third-order valence-corrected chi connectivity index (χ3v) is 6.12. The van der Waals surface area contributed by atoms with Crippen LogP contribution in [0.15, 0.2) is 42.7 Å². The molecule has 23 heavy (non-hydrogen) atoms. The number of nitrogens with one attached hydrogen (secondary N) is 1. The van der Waals surface area contributed by atoms with Crippen molar-refractivity contribution < 1.29 is 13.2 Å². The maximum Gasteiger partial charge on any atom is 0.215 e. The summed E-state index contributed by atoms with van der Waals surface area (Å²) in [5.74, 6) is 0. The van der Waals surface area contributed by atoms with Crippen molar-refractivity contribution in [2.45, 2.75) is 31.1 Å². The molecule has 1 N–H and O–H groups in total. The smallest absolute Gasteiger partial charge is 0.215 e. The second kappa shape index (κ2) is 6.82. The van der Waals surface area contributed by atoms with Crippen molar-refractivity contribution >= 4 is 10.0 Å². The maximum absolute atomic E-state index is 12.5. The topological polar surface area (TPSA) is 73.2 Å². The van der Waals surface area contributed by atoms with Crippen molar-refractivity contribution in [1.82, 2.24) is 14.5 Å². The zero-order chi connectivity index (χ0) is 16.3. The predicted octanol–water partition coefficient (Wildman–Crippen LogP) is 2.03. The molecule has 1 fully saturated rings. The molecule has 2 aromatic rings. The van der Waals surface area contributed by atoms with Crippen LogP contribution in [0.5, 0.6) is 0 Å². The highest BCUT2D eigenvalue weighted by atomic mass is 32.2. The summed E-state index contributed by atoms with van der Waals surface area (Å²) in [7, 11) is -3.35. The lowest BCUT2D eigenvalue weighted by Crippen LogP contribution is -2.39. The van der Waals surface area contributed by atoms with Crippen molar-refractivity contribution in [2.24, 2.45) is 0 Å². The number of rotatable bonds is 5. The normalized spacial score (nSPS) is 18.0. The molecule has 0 saturated carbocycles. The molecule has 1 aromatic carbocycles. The van der Waals surface area contributed by atoms with Crippen molar-refractivity contribution in [3.8, 4) is 5.69 Å². The molecule has 1 aliphatic heterocycles. The Hall–Kier alpha value is -1.70. The van der Waals surface area contributed by atoms with E-state index in [4.69, 9.17) is 4.74 Å². The molecule has 6 nitrogen and oxygen atoms in total. The van der Waals surface area contributed by atoms with Crippen LogP contribution in [0.2, 0.25) is 0 Å². The van der Waals surface area contributed by atoms with E-state index in [1.165, 1.54) is 0 Å². The molecule has 7 heteroatoms. The summed E-state index contributed by atoms with van der Waals surface area (Å²) in [4.78, 5) is 0. The molecule has 0 spiro atoms. The summed E-state index contributed by atoms with van der Waals surface area (Å²) < 4.78 is 34.8. The van der Waals surface area contributed by atoms with Gasteiger partial charge < -0.3 is 4.74 Å². The molecule has 2 heterocycles. The first kappa shape index (κ1) is 16.2. The quantitative estimate of drug-likeness (QED) is 0.907. The van der Waals surface area contributed by atoms with Gasteiger partial charge in [-0.1, -0.05) is 12.1 Å². The fourth-order valence-electron chi connectivity index (χ4n) is 2.76. The van der Waals surface area contributed by atoms with Gasteiger partial charge in [0.05, 0.1) is 10.9 Å². The first-order valence-electron chi connectivity index (χ1n) is 7.75. The largest absolute Gasteiger partial charge is 0.381 e. The monoisotopic (exact) mass is 335 g/mol. The first-order valence-corrected chi connectivity index (χ1v) is 9.30. The predicted molar refractivity (Wildman–Crippen MR) is 87.9 cm³/mol. The fourth-order valence-corrected chi connectivity index (χ4v) is 4.39. The Balaban J connectivity index is 1.75. The van der Waals surface area contributed by atoms with E-state index in [0.29, 0.717) is 26.1 Å². The van der Waals surface area contributed by atoms with Crippen LogP contribution in [-0.4, -0.2) is 36.7 Å². The van der Waals surface area contributed by atoms with Crippen molar-refractivity contribution in [1.29, 1.82) is 0 Å². The third-order valence-electron chi connectivity index (χ3n) is 4.09. The van der Waals surface area contributed by atoms with Crippen LogP contribution in [0.3, 0.4) is 0 Å². The lowest BCUT2D eigenvalue weighted by molar-refractivity contribution is 0.0981. The van der Waals surface area contributed by atoms with Gasteiger partial charge in [-0.25, -0.2) is 17.8 Å². The average molecular weight is 335 g/mol. The summed E-state index contributed by atoms with van der Waals surface area (Å²) in [6.45, 7) is 2.88. The number of nitrogens with zero attached hydrogens (tertiary/aromatic N) is 2. The Morgan fingerprint density at radius 2 is 2.09 bits per heavy atom. The number of sulfonamides is 1. The molecule has 1 aliphatic rings. The van der Waals surface area contributed by atoms with E-state index in [0.717, 1.165) is 11.3 Å². The van der Waals surface area contributed by atoms with Crippen LogP contribution >= 0.6 is 0 Å². The second-order valence-electron chi connectivity index (χ2n) is 5.74. The Kier molecular flexibility index (Phi) is 4.79. The number of hydrogen-bond acceptors (Lipinski definition) is 4. The van der Waals surface area contributed by atoms with Gasteiger partial charge in [0.2, 0.25) is 10.0 Å². The molecule has 124 valence electrons.